The van der Waals surface area contributed by atoms with Crippen LogP contribution >= 0.6 is 11.8 Å². The van der Waals surface area contributed by atoms with E-state index in [0.717, 1.165) is 41.4 Å². The summed E-state index contributed by atoms with van der Waals surface area (Å²) in [5.74, 6) is -0.0679. The number of anilines is 1. The average Bonchev–Trinajstić information content (AvgIpc) is 2.95. The van der Waals surface area contributed by atoms with E-state index >= 15 is 0 Å². The van der Waals surface area contributed by atoms with Crippen LogP contribution in [0.5, 0.6) is 0 Å². The highest BCUT2D eigenvalue weighted by molar-refractivity contribution is 7.99. The SMILES string of the molecule is Cn1ccnc1Sc1ccc(NC(=O)C2(N)CCCCC2)cc1. The van der Waals surface area contributed by atoms with E-state index in [1.165, 1.54) is 6.42 Å². The van der Waals surface area contributed by atoms with E-state index < -0.39 is 5.54 Å². The molecule has 3 N–H and O–H groups in total. The van der Waals surface area contributed by atoms with Crippen LogP contribution in [-0.2, 0) is 11.8 Å². The maximum atomic E-state index is 12.4. The van der Waals surface area contributed by atoms with Gasteiger partial charge in [-0.25, -0.2) is 4.98 Å². The lowest BCUT2D eigenvalue weighted by atomic mass is 9.82. The topological polar surface area (TPSA) is 72.9 Å². The number of nitrogens with one attached hydrogen (secondary N) is 1. The minimum atomic E-state index is -0.710. The normalized spacial score (nSPS) is 17.0. The molecule has 6 heteroatoms. The van der Waals surface area contributed by atoms with E-state index in [1.807, 2.05) is 42.1 Å². The molecule has 5 nitrogen and oxygen atoms in total. The number of benzene rings is 1. The molecule has 1 saturated carbocycles. The largest absolute Gasteiger partial charge is 0.329 e. The third kappa shape index (κ3) is 3.76. The van der Waals surface area contributed by atoms with Crippen LogP contribution < -0.4 is 11.1 Å². The lowest BCUT2D eigenvalue weighted by Gasteiger charge is -2.31. The molecule has 3 rings (SSSR count). The lowest BCUT2D eigenvalue weighted by Crippen LogP contribution is -2.52. The second-order valence-electron chi connectivity index (χ2n) is 6.12. The number of carbonyl (C=O) groups excluding carboxylic acids is 1. The number of amides is 1. The first-order valence-electron chi connectivity index (χ1n) is 7.92. The number of carbonyl (C=O) groups is 1. The highest BCUT2D eigenvalue weighted by Gasteiger charge is 2.35. The molecule has 0 unspecified atom stereocenters. The predicted octanol–water partition coefficient (Wildman–Crippen LogP) is 3.17. The Kier molecular flexibility index (Phi) is 4.73. The van der Waals surface area contributed by atoms with E-state index in [4.69, 9.17) is 5.73 Å². The lowest BCUT2D eigenvalue weighted by molar-refractivity contribution is -0.122. The van der Waals surface area contributed by atoms with Crippen molar-refractivity contribution in [1.82, 2.24) is 9.55 Å². The van der Waals surface area contributed by atoms with Gasteiger partial charge < -0.3 is 15.6 Å². The summed E-state index contributed by atoms with van der Waals surface area (Å²) in [7, 11) is 1.97. The van der Waals surface area contributed by atoms with Crippen molar-refractivity contribution in [1.29, 1.82) is 0 Å². The van der Waals surface area contributed by atoms with Crippen LogP contribution in [0.1, 0.15) is 32.1 Å². The van der Waals surface area contributed by atoms with Crippen molar-refractivity contribution in [2.24, 2.45) is 12.8 Å². The minimum absolute atomic E-state index is 0.0679. The minimum Gasteiger partial charge on any atom is -0.329 e. The number of hydrogen-bond donors (Lipinski definition) is 2. The molecule has 1 aromatic heterocycles. The van der Waals surface area contributed by atoms with Crippen molar-refractivity contribution >= 4 is 23.4 Å². The zero-order valence-electron chi connectivity index (χ0n) is 13.3. The summed E-state index contributed by atoms with van der Waals surface area (Å²) in [5, 5.41) is 3.89. The fourth-order valence-corrected chi connectivity index (χ4v) is 3.63. The van der Waals surface area contributed by atoms with Crippen molar-refractivity contribution in [2.45, 2.75) is 47.7 Å². The Morgan fingerprint density at radius 2 is 1.96 bits per heavy atom. The maximum absolute atomic E-state index is 12.4. The summed E-state index contributed by atoms with van der Waals surface area (Å²) < 4.78 is 1.97. The van der Waals surface area contributed by atoms with Gasteiger partial charge in [-0.05, 0) is 37.1 Å². The number of imidazole rings is 1. The van der Waals surface area contributed by atoms with Gasteiger partial charge in [0.1, 0.15) is 0 Å². The van der Waals surface area contributed by atoms with E-state index in [-0.39, 0.29) is 5.91 Å². The van der Waals surface area contributed by atoms with E-state index in [0.29, 0.717) is 0 Å². The third-order valence-electron chi connectivity index (χ3n) is 4.30. The van der Waals surface area contributed by atoms with Gasteiger partial charge in [0, 0.05) is 30.0 Å². The Bertz CT molecular complexity index is 674. The van der Waals surface area contributed by atoms with Gasteiger partial charge in [-0.3, -0.25) is 4.79 Å². The summed E-state index contributed by atoms with van der Waals surface area (Å²) in [6, 6.07) is 7.79. The Hall–Kier alpha value is -1.79. The van der Waals surface area contributed by atoms with Crippen molar-refractivity contribution in [2.75, 3.05) is 5.32 Å². The molecule has 1 amide bonds. The van der Waals surface area contributed by atoms with Gasteiger partial charge in [0.15, 0.2) is 5.16 Å². The monoisotopic (exact) mass is 330 g/mol. The summed E-state index contributed by atoms with van der Waals surface area (Å²) in [6.45, 7) is 0. The molecular formula is C17H22N4OS. The van der Waals surface area contributed by atoms with Crippen molar-refractivity contribution in [3.8, 4) is 0 Å². The van der Waals surface area contributed by atoms with E-state index in [1.54, 1.807) is 18.0 Å². The molecule has 1 aliphatic carbocycles. The molecule has 0 saturated heterocycles. The van der Waals surface area contributed by atoms with Crippen molar-refractivity contribution in [3.05, 3.63) is 36.7 Å². The van der Waals surface area contributed by atoms with Gasteiger partial charge in [0.05, 0.1) is 5.54 Å². The first-order chi connectivity index (χ1) is 11.1. The van der Waals surface area contributed by atoms with E-state index in [9.17, 15) is 4.79 Å². The predicted molar refractivity (Wildman–Crippen MR) is 92.4 cm³/mol. The molecule has 1 heterocycles. The fraction of sp³-hybridized carbons (Fsp3) is 0.412. The second kappa shape index (κ2) is 6.76. The van der Waals surface area contributed by atoms with Crippen LogP contribution in [-0.4, -0.2) is 21.0 Å². The summed E-state index contributed by atoms with van der Waals surface area (Å²) in [6.07, 6.45) is 8.47. The zero-order valence-corrected chi connectivity index (χ0v) is 14.1. The quantitative estimate of drug-likeness (QED) is 0.903. The first-order valence-corrected chi connectivity index (χ1v) is 8.74. The van der Waals surface area contributed by atoms with Gasteiger partial charge in [-0.2, -0.15) is 0 Å². The maximum Gasteiger partial charge on any atom is 0.244 e. The van der Waals surface area contributed by atoms with Crippen LogP contribution in [0, 0.1) is 0 Å². The van der Waals surface area contributed by atoms with Gasteiger partial charge in [-0.1, -0.05) is 31.0 Å². The van der Waals surface area contributed by atoms with Crippen molar-refractivity contribution in [3.63, 3.8) is 0 Å². The standard InChI is InChI=1S/C17H22N4OS/c1-21-12-11-19-16(21)23-14-7-5-13(6-8-14)20-15(22)17(18)9-3-2-4-10-17/h5-8,11-12H,2-4,9-10,18H2,1H3,(H,20,22). The molecule has 1 aliphatic rings. The van der Waals surface area contributed by atoms with Crippen LogP contribution in [0.3, 0.4) is 0 Å². The van der Waals surface area contributed by atoms with Crippen LogP contribution in [0.15, 0.2) is 46.7 Å². The number of nitrogens with two attached hydrogens (primary N) is 1. The van der Waals surface area contributed by atoms with E-state index in [2.05, 4.69) is 10.3 Å². The van der Waals surface area contributed by atoms with Gasteiger partial charge >= 0.3 is 0 Å². The smallest absolute Gasteiger partial charge is 0.244 e. The van der Waals surface area contributed by atoms with Gasteiger partial charge in [0.2, 0.25) is 5.91 Å². The molecule has 122 valence electrons. The molecule has 23 heavy (non-hydrogen) atoms. The Morgan fingerprint density at radius 3 is 2.57 bits per heavy atom. The molecule has 2 aromatic rings. The Balaban J connectivity index is 1.63. The van der Waals surface area contributed by atoms with Crippen LogP contribution in [0.2, 0.25) is 0 Å². The van der Waals surface area contributed by atoms with Gasteiger partial charge in [0.25, 0.3) is 0 Å². The summed E-state index contributed by atoms with van der Waals surface area (Å²) in [4.78, 5) is 17.8. The number of rotatable bonds is 4. The summed E-state index contributed by atoms with van der Waals surface area (Å²) >= 11 is 1.59. The number of aryl methyl sites for hydroxylation is 1. The number of aromatic nitrogens is 2. The number of nitrogens with zero attached hydrogens (tertiary/aromatic N) is 2. The molecule has 1 aromatic carbocycles. The highest BCUT2D eigenvalue weighted by Crippen LogP contribution is 2.29. The van der Waals surface area contributed by atoms with Crippen LogP contribution in [0.4, 0.5) is 5.69 Å². The number of hydrogen-bond acceptors (Lipinski definition) is 4. The highest BCUT2D eigenvalue weighted by atomic mass is 32.2. The van der Waals surface area contributed by atoms with Gasteiger partial charge in [-0.15, -0.1) is 0 Å². The second-order valence-corrected chi connectivity index (χ2v) is 7.16. The van der Waals surface area contributed by atoms with Crippen molar-refractivity contribution < 1.29 is 4.79 Å². The fourth-order valence-electron chi connectivity index (χ4n) is 2.83. The first kappa shape index (κ1) is 16.1. The van der Waals surface area contributed by atoms with Crippen LogP contribution in [0.25, 0.3) is 0 Å². The molecule has 0 radical (unpaired) electrons. The molecule has 0 aliphatic heterocycles. The zero-order chi connectivity index (χ0) is 16.3. The molecule has 1 fully saturated rings. The summed E-state index contributed by atoms with van der Waals surface area (Å²) in [5.41, 5.74) is 6.34. The molecule has 0 atom stereocenters. The Morgan fingerprint density at radius 1 is 1.26 bits per heavy atom. The molecule has 0 spiro atoms. The Labute approximate surface area is 140 Å². The third-order valence-corrected chi connectivity index (χ3v) is 5.38. The average molecular weight is 330 g/mol. The molecule has 0 bridgehead atoms. The molecular weight excluding hydrogens is 308 g/mol.